The normalized spacial score (nSPS) is 20.3. The molecule has 2 aromatic rings. The van der Waals surface area contributed by atoms with Gasteiger partial charge < -0.3 is 24.4 Å². The van der Waals surface area contributed by atoms with E-state index in [2.05, 4.69) is 13.8 Å². The predicted molar refractivity (Wildman–Crippen MR) is 138 cm³/mol. The summed E-state index contributed by atoms with van der Waals surface area (Å²) < 4.78 is 11.1. The molecule has 2 N–H and O–H groups in total. The lowest BCUT2D eigenvalue weighted by Crippen LogP contribution is -3.14. The summed E-state index contributed by atoms with van der Waals surface area (Å²) in [6.45, 7) is 11.2. The lowest BCUT2D eigenvalue weighted by Gasteiger charge is -2.29. The highest BCUT2D eigenvalue weighted by Crippen LogP contribution is 2.39. The third-order valence-corrected chi connectivity index (χ3v) is 6.97. The van der Waals surface area contributed by atoms with Crippen LogP contribution in [-0.4, -0.2) is 67.7 Å². The fourth-order valence-electron chi connectivity index (χ4n) is 4.79. The maximum Gasteiger partial charge on any atom is 0.295 e. The SMILES string of the molecule is CCCOc1ccc(C(O)=C2C(=O)C(=O)N(CC[NH+]3CCOCC3)[C@@H]2c2ccc(C(C)C)cc2)cc1. The Kier molecular flexibility index (Phi) is 8.44. The molecule has 36 heavy (non-hydrogen) atoms. The fourth-order valence-corrected chi connectivity index (χ4v) is 4.79. The van der Waals surface area contributed by atoms with Crippen LogP contribution in [0.25, 0.3) is 5.76 Å². The number of aliphatic hydroxyl groups excluding tert-OH is 1. The van der Waals surface area contributed by atoms with Gasteiger partial charge in [0.2, 0.25) is 0 Å². The number of Topliss-reactive ketones (excluding diaryl/α,β-unsaturated/α-hetero) is 1. The summed E-state index contributed by atoms with van der Waals surface area (Å²) in [6.07, 6.45) is 0.896. The quantitative estimate of drug-likeness (QED) is 0.319. The van der Waals surface area contributed by atoms with Crippen molar-refractivity contribution < 1.29 is 29.1 Å². The maximum absolute atomic E-state index is 13.3. The fraction of sp³-hybridized carbons (Fsp3) is 0.448. The molecule has 2 aliphatic rings. The smallest absolute Gasteiger partial charge is 0.295 e. The predicted octanol–water partition coefficient (Wildman–Crippen LogP) is 2.94. The van der Waals surface area contributed by atoms with E-state index in [1.54, 1.807) is 29.2 Å². The van der Waals surface area contributed by atoms with E-state index in [9.17, 15) is 14.7 Å². The number of likely N-dealkylation sites (tertiary alicyclic amines) is 1. The average Bonchev–Trinajstić information content (AvgIpc) is 3.16. The molecule has 2 fully saturated rings. The first kappa shape index (κ1) is 25.9. The Balaban J connectivity index is 1.69. The molecule has 7 heteroatoms. The van der Waals surface area contributed by atoms with Crippen molar-refractivity contribution in [3.05, 3.63) is 70.8 Å². The molecule has 192 valence electrons. The summed E-state index contributed by atoms with van der Waals surface area (Å²) in [5, 5.41) is 11.3. The van der Waals surface area contributed by atoms with Gasteiger partial charge in [-0.25, -0.2) is 0 Å². The van der Waals surface area contributed by atoms with Gasteiger partial charge in [-0.05, 0) is 47.7 Å². The molecule has 0 aliphatic carbocycles. The second kappa shape index (κ2) is 11.7. The van der Waals surface area contributed by atoms with Crippen molar-refractivity contribution in [1.82, 2.24) is 4.90 Å². The van der Waals surface area contributed by atoms with Gasteiger partial charge in [-0.1, -0.05) is 45.0 Å². The Morgan fingerprint density at radius 2 is 1.75 bits per heavy atom. The summed E-state index contributed by atoms with van der Waals surface area (Å²) in [6, 6.07) is 14.4. The van der Waals surface area contributed by atoms with E-state index >= 15 is 0 Å². The molecule has 2 aromatic carbocycles. The molecule has 0 radical (unpaired) electrons. The standard InChI is InChI=1S/C29H36N2O5/c1-4-17-36-24-11-9-23(10-12-24)27(32)25-26(22-7-5-21(6-8-22)20(2)3)31(29(34)28(25)33)14-13-30-15-18-35-19-16-30/h5-12,20,26,32H,4,13-19H2,1-3H3/p+1/t26-/m1/s1. The zero-order valence-corrected chi connectivity index (χ0v) is 21.5. The number of nitrogens with one attached hydrogen (secondary N) is 1. The molecule has 2 aliphatic heterocycles. The number of morpholine rings is 1. The van der Waals surface area contributed by atoms with E-state index in [1.807, 2.05) is 31.2 Å². The van der Waals surface area contributed by atoms with Crippen LogP contribution in [0.4, 0.5) is 0 Å². The minimum atomic E-state index is -0.645. The first-order chi connectivity index (χ1) is 17.4. The lowest BCUT2D eigenvalue weighted by molar-refractivity contribution is -0.907. The first-order valence-corrected chi connectivity index (χ1v) is 12.9. The van der Waals surface area contributed by atoms with Crippen molar-refractivity contribution >= 4 is 17.4 Å². The summed E-state index contributed by atoms with van der Waals surface area (Å²) in [4.78, 5) is 29.5. The van der Waals surface area contributed by atoms with Crippen LogP contribution < -0.4 is 9.64 Å². The number of amides is 1. The number of carbonyl (C=O) groups is 2. The number of aliphatic hydroxyl groups is 1. The maximum atomic E-state index is 13.3. The van der Waals surface area contributed by atoms with Crippen LogP contribution in [0.2, 0.25) is 0 Å². The van der Waals surface area contributed by atoms with Crippen molar-refractivity contribution in [2.75, 3.05) is 46.0 Å². The highest BCUT2D eigenvalue weighted by molar-refractivity contribution is 6.46. The van der Waals surface area contributed by atoms with Crippen molar-refractivity contribution in [2.45, 2.75) is 39.2 Å². The third kappa shape index (κ3) is 5.63. The first-order valence-electron chi connectivity index (χ1n) is 12.9. The topological polar surface area (TPSA) is 80.5 Å². The molecule has 0 saturated carbocycles. The van der Waals surface area contributed by atoms with Gasteiger partial charge in [-0.3, -0.25) is 9.59 Å². The van der Waals surface area contributed by atoms with Crippen LogP contribution >= 0.6 is 0 Å². The van der Waals surface area contributed by atoms with Crippen LogP contribution in [0.15, 0.2) is 54.1 Å². The third-order valence-electron chi connectivity index (χ3n) is 6.97. The highest BCUT2D eigenvalue weighted by Gasteiger charge is 2.46. The van der Waals surface area contributed by atoms with Crippen molar-refractivity contribution in [1.29, 1.82) is 0 Å². The molecular weight excluding hydrogens is 456 g/mol. The van der Waals surface area contributed by atoms with Gasteiger partial charge in [0.1, 0.15) is 24.6 Å². The summed E-state index contributed by atoms with van der Waals surface area (Å²) in [5.41, 5.74) is 2.62. The van der Waals surface area contributed by atoms with Crippen LogP contribution in [-0.2, 0) is 14.3 Å². The lowest BCUT2D eigenvalue weighted by atomic mass is 9.93. The van der Waals surface area contributed by atoms with E-state index < -0.39 is 17.7 Å². The number of hydrogen-bond donors (Lipinski definition) is 2. The van der Waals surface area contributed by atoms with Gasteiger partial charge in [0, 0.05) is 5.56 Å². The Bertz CT molecular complexity index is 1090. The second-order valence-corrected chi connectivity index (χ2v) is 9.80. The van der Waals surface area contributed by atoms with Gasteiger partial charge in [0.05, 0.1) is 44.5 Å². The molecule has 4 rings (SSSR count). The minimum Gasteiger partial charge on any atom is -0.507 e. The molecule has 0 spiro atoms. The number of ether oxygens (including phenoxy) is 2. The Hall–Kier alpha value is -3.16. The summed E-state index contributed by atoms with van der Waals surface area (Å²) in [5.74, 6) is -0.305. The van der Waals surface area contributed by atoms with Gasteiger partial charge >= 0.3 is 0 Å². The van der Waals surface area contributed by atoms with E-state index in [4.69, 9.17) is 9.47 Å². The molecule has 0 bridgehead atoms. The van der Waals surface area contributed by atoms with Crippen LogP contribution in [0.3, 0.4) is 0 Å². The van der Waals surface area contributed by atoms with E-state index in [0.29, 0.717) is 43.6 Å². The number of quaternary nitrogens is 1. The average molecular weight is 494 g/mol. The van der Waals surface area contributed by atoms with Crippen LogP contribution in [0.5, 0.6) is 5.75 Å². The molecule has 0 unspecified atom stereocenters. The Morgan fingerprint density at radius 3 is 2.36 bits per heavy atom. The van der Waals surface area contributed by atoms with Gasteiger partial charge in [-0.15, -0.1) is 0 Å². The van der Waals surface area contributed by atoms with E-state index in [0.717, 1.165) is 31.6 Å². The monoisotopic (exact) mass is 493 g/mol. The molecule has 0 aromatic heterocycles. The number of rotatable bonds is 9. The number of hydrogen-bond acceptors (Lipinski definition) is 5. The van der Waals surface area contributed by atoms with Crippen molar-refractivity contribution in [3.63, 3.8) is 0 Å². The number of ketones is 1. The largest absolute Gasteiger partial charge is 0.507 e. The summed E-state index contributed by atoms with van der Waals surface area (Å²) >= 11 is 0. The number of benzene rings is 2. The van der Waals surface area contributed by atoms with Gasteiger partial charge in [0.25, 0.3) is 11.7 Å². The molecule has 2 saturated heterocycles. The zero-order valence-electron chi connectivity index (χ0n) is 21.5. The second-order valence-electron chi connectivity index (χ2n) is 9.80. The van der Waals surface area contributed by atoms with Gasteiger partial charge in [0.15, 0.2) is 0 Å². The molecular formula is C29H37N2O5+. The number of nitrogens with zero attached hydrogens (tertiary/aromatic N) is 1. The molecule has 1 atom stereocenters. The molecule has 2 heterocycles. The zero-order chi connectivity index (χ0) is 25.7. The molecule has 7 nitrogen and oxygen atoms in total. The molecule has 1 amide bonds. The number of carbonyl (C=O) groups excluding carboxylic acids is 2. The Morgan fingerprint density at radius 1 is 1.08 bits per heavy atom. The van der Waals surface area contributed by atoms with Crippen molar-refractivity contribution in [2.24, 2.45) is 0 Å². The van der Waals surface area contributed by atoms with Crippen molar-refractivity contribution in [3.8, 4) is 5.75 Å². The van der Waals surface area contributed by atoms with Gasteiger partial charge in [-0.2, -0.15) is 0 Å². The summed E-state index contributed by atoms with van der Waals surface area (Å²) in [7, 11) is 0. The van der Waals surface area contributed by atoms with Crippen LogP contribution in [0, 0.1) is 0 Å². The highest BCUT2D eigenvalue weighted by atomic mass is 16.5. The van der Waals surface area contributed by atoms with E-state index in [1.165, 1.54) is 10.5 Å². The Labute approximate surface area is 213 Å². The van der Waals surface area contributed by atoms with Crippen LogP contribution in [0.1, 0.15) is 55.8 Å². The van der Waals surface area contributed by atoms with E-state index in [-0.39, 0.29) is 11.3 Å². The minimum absolute atomic E-state index is 0.136.